The molecule has 2 heterocycles. The third-order valence-corrected chi connectivity index (χ3v) is 4.02. The summed E-state index contributed by atoms with van der Waals surface area (Å²) in [6.45, 7) is 4.10. The Morgan fingerprint density at radius 3 is 2.33 bits per heavy atom. The average molecular weight is 267 g/mol. The Balaban J connectivity index is 0.00000120. The number of likely N-dealkylation sites (tertiary alicyclic amines) is 1. The molecule has 1 amide bonds. The minimum atomic E-state index is 0. The Bertz CT molecular complexity index is 407. The van der Waals surface area contributed by atoms with Gasteiger partial charge in [-0.15, -0.1) is 12.4 Å². The summed E-state index contributed by atoms with van der Waals surface area (Å²) in [5.41, 5.74) is 1.24. The third kappa shape index (κ3) is 2.38. The van der Waals surface area contributed by atoms with Crippen LogP contribution in [0.1, 0.15) is 23.2 Å². The van der Waals surface area contributed by atoms with Gasteiger partial charge in [-0.25, -0.2) is 0 Å². The second-order valence-corrected chi connectivity index (χ2v) is 5.28. The number of halogens is 1. The van der Waals surface area contributed by atoms with Crippen molar-refractivity contribution in [3.63, 3.8) is 0 Å². The van der Waals surface area contributed by atoms with Crippen LogP contribution in [0.5, 0.6) is 0 Å². The van der Waals surface area contributed by atoms with E-state index in [0.717, 1.165) is 31.7 Å². The lowest BCUT2D eigenvalue weighted by Gasteiger charge is -2.52. The molecule has 3 rings (SSSR count). The maximum Gasteiger partial charge on any atom is 0.253 e. The number of hydrogen-bond donors (Lipinski definition) is 1. The van der Waals surface area contributed by atoms with Gasteiger partial charge in [0.2, 0.25) is 0 Å². The number of piperidine rings is 1. The third-order valence-electron chi connectivity index (χ3n) is 4.02. The van der Waals surface area contributed by atoms with E-state index in [9.17, 15) is 4.79 Å². The zero-order valence-electron chi connectivity index (χ0n) is 10.4. The van der Waals surface area contributed by atoms with Gasteiger partial charge < -0.3 is 10.2 Å². The van der Waals surface area contributed by atoms with E-state index in [0.29, 0.717) is 5.41 Å². The molecule has 0 atom stereocenters. The van der Waals surface area contributed by atoms with Crippen molar-refractivity contribution in [3.8, 4) is 0 Å². The lowest BCUT2D eigenvalue weighted by Crippen LogP contribution is -2.61. The summed E-state index contributed by atoms with van der Waals surface area (Å²) in [5, 5.41) is 3.38. The van der Waals surface area contributed by atoms with E-state index < -0.39 is 0 Å². The standard InChI is InChI=1S/C14H18N2O.ClH/c17-13(12-4-2-1-3-5-12)16-10-14(11-16)6-8-15-9-7-14;/h1-5,15H,6-11H2;1H. The number of benzene rings is 1. The molecule has 2 saturated heterocycles. The first-order chi connectivity index (χ1) is 8.29. The molecule has 0 saturated carbocycles. The maximum absolute atomic E-state index is 12.2. The van der Waals surface area contributed by atoms with E-state index in [1.165, 1.54) is 12.8 Å². The highest BCUT2D eigenvalue weighted by molar-refractivity contribution is 5.94. The number of rotatable bonds is 1. The zero-order valence-corrected chi connectivity index (χ0v) is 11.2. The predicted molar refractivity (Wildman–Crippen MR) is 74.1 cm³/mol. The van der Waals surface area contributed by atoms with Crippen molar-refractivity contribution in [2.45, 2.75) is 12.8 Å². The van der Waals surface area contributed by atoms with Gasteiger partial charge in [0.1, 0.15) is 0 Å². The number of nitrogens with one attached hydrogen (secondary N) is 1. The molecule has 3 nitrogen and oxygen atoms in total. The summed E-state index contributed by atoms with van der Waals surface area (Å²) in [7, 11) is 0. The van der Waals surface area contributed by atoms with Gasteiger partial charge in [-0.05, 0) is 38.1 Å². The predicted octanol–water partition coefficient (Wildman–Crippen LogP) is 1.93. The molecule has 2 aliphatic heterocycles. The molecule has 0 unspecified atom stereocenters. The molecule has 2 fully saturated rings. The number of nitrogens with zero attached hydrogens (tertiary/aromatic N) is 1. The number of amides is 1. The minimum Gasteiger partial charge on any atom is -0.337 e. The minimum absolute atomic E-state index is 0. The Morgan fingerprint density at radius 1 is 1.11 bits per heavy atom. The first-order valence-electron chi connectivity index (χ1n) is 6.34. The van der Waals surface area contributed by atoms with E-state index >= 15 is 0 Å². The highest BCUT2D eigenvalue weighted by Crippen LogP contribution is 2.39. The van der Waals surface area contributed by atoms with Crippen molar-refractivity contribution in [3.05, 3.63) is 35.9 Å². The smallest absolute Gasteiger partial charge is 0.253 e. The van der Waals surface area contributed by atoms with Crippen LogP contribution in [0.3, 0.4) is 0 Å². The van der Waals surface area contributed by atoms with E-state index in [1.807, 2.05) is 35.2 Å². The fourth-order valence-electron chi connectivity index (χ4n) is 2.94. The molecule has 0 bridgehead atoms. The molecule has 1 aromatic carbocycles. The fraction of sp³-hybridized carbons (Fsp3) is 0.500. The lowest BCUT2D eigenvalue weighted by molar-refractivity contribution is -0.0113. The van der Waals surface area contributed by atoms with Crippen molar-refractivity contribution in [2.75, 3.05) is 26.2 Å². The second-order valence-electron chi connectivity index (χ2n) is 5.28. The van der Waals surface area contributed by atoms with Gasteiger partial charge in [0.05, 0.1) is 0 Å². The van der Waals surface area contributed by atoms with Crippen LogP contribution in [0.4, 0.5) is 0 Å². The van der Waals surface area contributed by atoms with Crippen molar-refractivity contribution in [1.82, 2.24) is 10.2 Å². The van der Waals surface area contributed by atoms with Crippen LogP contribution in [0.2, 0.25) is 0 Å². The number of carbonyl (C=O) groups excluding carboxylic acids is 1. The summed E-state index contributed by atoms with van der Waals surface area (Å²) in [4.78, 5) is 14.1. The molecule has 0 aliphatic carbocycles. The van der Waals surface area contributed by atoms with Crippen LogP contribution in [0.15, 0.2) is 30.3 Å². The SMILES string of the molecule is Cl.O=C(c1ccccc1)N1CC2(CCNCC2)C1. The molecular weight excluding hydrogens is 248 g/mol. The summed E-state index contributed by atoms with van der Waals surface area (Å²) in [5.74, 6) is 0.190. The molecule has 1 spiro atoms. The Labute approximate surface area is 114 Å². The maximum atomic E-state index is 12.2. The van der Waals surface area contributed by atoms with E-state index in [1.54, 1.807) is 0 Å². The van der Waals surface area contributed by atoms with E-state index in [-0.39, 0.29) is 18.3 Å². The van der Waals surface area contributed by atoms with E-state index in [2.05, 4.69) is 5.32 Å². The van der Waals surface area contributed by atoms with Gasteiger partial charge in [-0.1, -0.05) is 18.2 Å². The average Bonchev–Trinajstić information content (AvgIpc) is 2.37. The summed E-state index contributed by atoms with van der Waals surface area (Å²) in [6.07, 6.45) is 2.43. The van der Waals surface area contributed by atoms with Gasteiger partial charge >= 0.3 is 0 Å². The molecule has 18 heavy (non-hydrogen) atoms. The van der Waals surface area contributed by atoms with Crippen LogP contribution >= 0.6 is 12.4 Å². The van der Waals surface area contributed by atoms with Gasteiger partial charge in [-0.3, -0.25) is 4.79 Å². The Kier molecular flexibility index (Phi) is 3.93. The molecule has 0 radical (unpaired) electrons. The van der Waals surface area contributed by atoms with Crippen molar-refractivity contribution in [1.29, 1.82) is 0 Å². The van der Waals surface area contributed by atoms with Crippen LogP contribution in [-0.2, 0) is 0 Å². The second kappa shape index (κ2) is 5.29. The van der Waals surface area contributed by atoms with Crippen LogP contribution in [-0.4, -0.2) is 37.0 Å². The Morgan fingerprint density at radius 2 is 1.72 bits per heavy atom. The summed E-state index contributed by atoms with van der Waals surface area (Å²) in [6, 6.07) is 9.59. The number of carbonyl (C=O) groups is 1. The van der Waals surface area contributed by atoms with Crippen LogP contribution in [0, 0.1) is 5.41 Å². The van der Waals surface area contributed by atoms with Crippen molar-refractivity contribution in [2.24, 2.45) is 5.41 Å². The molecule has 4 heteroatoms. The van der Waals surface area contributed by atoms with Gasteiger partial charge in [0.15, 0.2) is 0 Å². The molecule has 2 aliphatic rings. The quantitative estimate of drug-likeness (QED) is 0.843. The molecule has 98 valence electrons. The molecule has 1 aromatic rings. The van der Waals surface area contributed by atoms with Gasteiger partial charge in [0, 0.05) is 24.1 Å². The summed E-state index contributed by atoms with van der Waals surface area (Å²) < 4.78 is 0. The monoisotopic (exact) mass is 266 g/mol. The largest absolute Gasteiger partial charge is 0.337 e. The Hall–Kier alpha value is -1.06. The van der Waals surface area contributed by atoms with Gasteiger partial charge in [-0.2, -0.15) is 0 Å². The first-order valence-corrected chi connectivity index (χ1v) is 6.34. The highest BCUT2D eigenvalue weighted by Gasteiger charge is 2.45. The zero-order chi connectivity index (χ0) is 11.7. The number of hydrogen-bond acceptors (Lipinski definition) is 2. The van der Waals surface area contributed by atoms with Crippen molar-refractivity contribution >= 4 is 18.3 Å². The molecule has 1 N–H and O–H groups in total. The molecule has 0 aromatic heterocycles. The summed E-state index contributed by atoms with van der Waals surface area (Å²) >= 11 is 0. The lowest BCUT2D eigenvalue weighted by atomic mass is 9.72. The topological polar surface area (TPSA) is 32.3 Å². The van der Waals surface area contributed by atoms with Gasteiger partial charge in [0.25, 0.3) is 5.91 Å². The van der Waals surface area contributed by atoms with E-state index in [4.69, 9.17) is 0 Å². The highest BCUT2D eigenvalue weighted by atomic mass is 35.5. The fourth-order valence-corrected chi connectivity index (χ4v) is 2.94. The van der Waals surface area contributed by atoms with Crippen LogP contribution < -0.4 is 5.32 Å². The van der Waals surface area contributed by atoms with Crippen molar-refractivity contribution < 1.29 is 4.79 Å². The molecular formula is C14H19ClN2O. The normalized spacial score (nSPS) is 21.0. The van der Waals surface area contributed by atoms with Crippen LogP contribution in [0.25, 0.3) is 0 Å². The first kappa shape index (κ1) is 13.4.